The first kappa shape index (κ1) is 23.6. The lowest BCUT2D eigenvalue weighted by Gasteiger charge is -2.23. The predicted molar refractivity (Wildman–Crippen MR) is 119 cm³/mol. The third kappa shape index (κ3) is 5.26. The standard InChI is InChI=1S/C23H35N3O4/c1-22(2,3)17-14-18(26(25-17)23(4,5)6)24-19(27)13-11-15-10-12-16(28-7)21(30-9)20(15)29-8/h10,12,14H,11,13H2,1-9H3,(H,24,27). The van der Waals surface area contributed by atoms with Gasteiger partial charge in [0.05, 0.1) is 32.6 Å². The number of anilines is 1. The van der Waals surface area contributed by atoms with Crippen LogP contribution in [-0.4, -0.2) is 37.0 Å². The topological polar surface area (TPSA) is 74.6 Å². The van der Waals surface area contributed by atoms with Crippen molar-refractivity contribution in [3.05, 3.63) is 29.5 Å². The highest BCUT2D eigenvalue weighted by atomic mass is 16.5. The highest BCUT2D eigenvalue weighted by molar-refractivity contribution is 5.90. The summed E-state index contributed by atoms with van der Waals surface area (Å²) in [7, 11) is 4.72. The van der Waals surface area contributed by atoms with E-state index in [4.69, 9.17) is 19.3 Å². The van der Waals surface area contributed by atoms with Gasteiger partial charge in [0, 0.05) is 17.9 Å². The molecule has 166 valence electrons. The van der Waals surface area contributed by atoms with Crippen molar-refractivity contribution in [2.24, 2.45) is 0 Å². The third-order valence-corrected chi connectivity index (χ3v) is 4.79. The minimum absolute atomic E-state index is 0.0855. The number of nitrogens with one attached hydrogen (secondary N) is 1. The molecule has 0 unspecified atom stereocenters. The Kier molecular flexibility index (Phi) is 7.06. The number of aromatic nitrogens is 2. The van der Waals surface area contributed by atoms with Crippen LogP contribution in [0.2, 0.25) is 0 Å². The molecule has 0 aliphatic heterocycles. The summed E-state index contributed by atoms with van der Waals surface area (Å²) >= 11 is 0. The largest absolute Gasteiger partial charge is 0.493 e. The molecule has 30 heavy (non-hydrogen) atoms. The molecule has 0 saturated heterocycles. The van der Waals surface area contributed by atoms with Crippen LogP contribution in [0.25, 0.3) is 0 Å². The average Bonchev–Trinajstić information content (AvgIpc) is 3.09. The van der Waals surface area contributed by atoms with Crippen molar-refractivity contribution in [1.82, 2.24) is 9.78 Å². The highest BCUT2D eigenvalue weighted by Crippen LogP contribution is 2.40. The van der Waals surface area contributed by atoms with Gasteiger partial charge in [-0.25, -0.2) is 4.68 Å². The van der Waals surface area contributed by atoms with Crippen molar-refractivity contribution < 1.29 is 19.0 Å². The van der Waals surface area contributed by atoms with Gasteiger partial charge in [-0.2, -0.15) is 5.10 Å². The van der Waals surface area contributed by atoms with E-state index >= 15 is 0 Å². The number of benzene rings is 1. The van der Waals surface area contributed by atoms with E-state index in [-0.39, 0.29) is 16.9 Å². The van der Waals surface area contributed by atoms with E-state index in [2.05, 4.69) is 46.9 Å². The summed E-state index contributed by atoms with van der Waals surface area (Å²) in [5.41, 5.74) is 1.46. The normalized spacial score (nSPS) is 11.9. The number of hydrogen-bond acceptors (Lipinski definition) is 5. The first-order chi connectivity index (χ1) is 13.9. The third-order valence-electron chi connectivity index (χ3n) is 4.79. The molecule has 1 heterocycles. The van der Waals surface area contributed by atoms with Crippen molar-refractivity contribution in [2.75, 3.05) is 26.6 Å². The van der Waals surface area contributed by atoms with Crippen LogP contribution in [0.3, 0.4) is 0 Å². The number of carbonyl (C=O) groups excluding carboxylic acids is 1. The molecule has 0 spiro atoms. The lowest BCUT2D eigenvalue weighted by atomic mass is 9.92. The Bertz CT molecular complexity index is 889. The van der Waals surface area contributed by atoms with Gasteiger partial charge < -0.3 is 19.5 Å². The number of carbonyl (C=O) groups is 1. The number of aryl methyl sites for hydroxylation is 1. The Morgan fingerprint density at radius 3 is 2.13 bits per heavy atom. The molecule has 2 rings (SSSR count). The molecular formula is C23H35N3O4. The van der Waals surface area contributed by atoms with E-state index in [1.807, 2.05) is 22.9 Å². The SMILES string of the molecule is COc1ccc(CCC(=O)Nc2cc(C(C)(C)C)nn2C(C)(C)C)c(OC)c1OC. The van der Waals surface area contributed by atoms with Gasteiger partial charge in [-0.05, 0) is 38.8 Å². The van der Waals surface area contributed by atoms with Crippen LogP contribution in [0.15, 0.2) is 18.2 Å². The maximum absolute atomic E-state index is 12.8. The van der Waals surface area contributed by atoms with E-state index in [9.17, 15) is 4.79 Å². The fourth-order valence-corrected chi connectivity index (χ4v) is 3.16. The molecule has 1 N–H and O–H groups in total. The molecule has 1 aromatic heterocycles. The molecule has 0 aliphatic carbocycles. The summed E-state index contributed by atoms with van der Waals surface area (Å²) in [6.07, 6.45) is 0.803. The molecule has 0 atom stereocenters. The van der Waals surface area contributed by atoms with Gasteiger partial charge in [-0.3, -0.25) is 4.79 Å². The van der Waals surface area contributed by atoms with Crippen molar-refractivity contribution in [2.45, 2.75) is 65.3 Å². The highest BCUT2D eigenvalue weighted by Gasteiger charge is 2.26. The van der Waals surface area contributed by atoms with Crippen molar-refractivity contribution >= 4 is 11.7 Å². The molecule has 7 nitrogen and oxygen atoms in total. The molecular weight excluding hydrogens is 382 g/mol. The second-order valence-electron chi connectivity index (χ2n) is 9.29. The Morgan fingerprint density at radius 2 is 1.63 bits per heavy atom. The monoisotopic (exact) mass is 417 g/mol. The Labute approximate surface area is 179 Å². The second-order valence-corrected chi connectivity index (χ2v) is 9.29. The number of rotatable bonds is 7. The fourth-order valence-electron chi connectivity index (χ4n) is 3.16. The molecule has 0 saturated carbocycles. The zero-order valence-corrected chi connectivity index (χ0v) is 19.7. The van der Waals surface area contributed by atoms with Crippen LogP contribution in [0.5, 0.6) is 17.2 Å². The Hall–Kier alpha value is -2.70. The Morgan fingerprint density at radius 1 is 1.00 bits per heavy atom. The lowest BCUT2D eigenvalue weighted by molar-refractivity contribution is -0.116. The molecule has 0 aliphatic rings. The summed E-state index contributed by atoms with van der Waals surface area (Å²) in [4.78, 5) is 12.8. The van der Waals surface area contributed by atoms with Gasteiger partial charge in [-0.15, -0.1) is 0 Å². The van der Waals surface area contributed by atoms with Crippen LogP contribution in [-0.2, 0) is 22.2 Å². The van der Waals surface area contributed by atoms with Crippen LogP contribution in [0.1, 0.15) is 59.2 Å². The van der Waals surface area contributed by atoms with Gasteiger partial charge in [0.25, 0.3) is 0 Å². The number of methoxy groups -OCH3 is 3. The summed E-state index contributed by atoms with van der Waals surface area (Å²) in [5.74, 6) is 2.32. The molecule has 1 aromatic carbocycles. The van der Waals surface area contributed by atoms with Crippen LogP contribution in [0, 0.1) is 0 Å². The van der Waals surface area contributed by atoms with Crippen LogP contribution >= 0.6 is 0 Å². The van der Waals surface area contributed by atoms with E-state index in [1.54, 1.807) is 21.3 Å². The molecule has 0 fully saturated rings. The summed E-state index contributed by atoms with van der Waals surface area (Å²) in [6.45, 7) is 12.5. The van der Waals surface area contributed by atoms with Gasteiger partial charge in [-0.1, -0.05) is 26.8 Å². The van der Waals surface area contributed by atoms with E-state index in [1.165, 1.54) is 0 Å². The van der Waals surface area contributed by atoms with Gasteiger partial charge >= 0.3 is 0 Å². The van der Waals surface area contributed by atoms with Crippen LogP contribution < -0.4 is 19.5 Å². The van der Waals surface area contributed by atoms with E-state index in [0.717, 1.165) is 11.3 Å². The predicted octanol–water partition coefficient (Wildman–Crippen LogP) is 4.53. The van der Waals surface area contributed by atoms with Crippen LogP contribution in [0.4, 0.5) is 5.82 Å². The number of hydrogen-bond donors (Lipinski definition) is 1. The van der Waals surface area contributed by atoms with Gasteiger partial charge in [0.1, 0.15) is 5.82 Å². The second kappa shape index (κ2) is 8.98. The quantitative estimate of drug-likeness (QED) is 0.716. The van der Waals surface area contributed by atoms with E-state index in [0.29, 0.717) is 35.9 Å². The molecule has 1 amide bonds. The minimum atomic E-state index is -0.251. The van der Waals surface area contributed by atoms with Gasteiger partial charge in [0.2, 0.25) is 11.7 Å². The minimum Gasteiger partial charge on any atom is -0.493 e. The van der Waals surface area contributed by atoms with Crippen molar-refractivity contribution in [1.29, 1.82) is 0 Å². The van der Waals surface area contributed by atoms with Crippen molar-refractivity contribution in [3.63, 3.8) is 0 Å². The fraction of sp³-hybridized carbons (Fsp3) is 0.565. The maximum Gasteiger partial charge on any atom is 0.225 e. The maximum atomic E-state index is 12.8. The molecule has 0 radical (unpaired) electrons. The Balaban J connectivity index is 2.21. The lowest BCUT2D eigenvalue weighted by Crippen LogP contribution is -2.27. The number of amides is 1. The zero-order chi connectivity index (χ0) is 22.7. The first-order valence-electron chi connectivity index (χ1n) is 10.1. The smallest absolute Gasteiger partial charge is 0.225 e. The summed E-state index contributed by atoms with van der Waals surface area (Å²) in [6, 6.07) is 5.67. The van der Waals surface area contributed by atoms with E-state index < -0.39 is 0 Å². The first-order valence-corrected chi connectivity index (χ1v) is 10.1. The summed E-state index contributed by atoms with van der Waals surface area (Å²) in [5, 5.41) is 7.78. The average molecular weight is 418 g/mol. The molecule has 0 bridgehead atoms. The number of nitrogens with zero attached hydrogens (tertiary/aromatic N) is 2. The number of ether oxygens (including phenoxy) is 3. The zero-order valence-electron chi connectivity index (χ0n) is 19.7. The molecule has 2 aromatic rings. The molecule has 7 heteroatoms. The van der Waals surface area contributed by atoms with Gasteiger partial charge in [0.15, 0.2) is 11.5 Å². The summed E-state index contributed by atoms with van der Waals surface area (Å²) < 4.78 is 18.1. The van der Waals surface area contributed by atoms with Crippen molar-refractivity contribution in [3.8, 4) is 17.2 Å².